The Balaban J connectivity index is 1.67. The summed E-state index contributed by atoms with van der Waals surface area (Å²) in [5, 5.41) is 4.37. The largest absolute Gasteiger partial charge is 0.480 e. The molecule has 0 amide bonds. The number of hydrogen-bond acceptors (Lipinski definition) is 7. The van der Waals surface area contributed by atoms with E-state index in [-0.39, 0.29) is 12.6 Å². The van der Waals surface area contributed by atoms with Gasteiger partial charge in [0.05, 0.1) is 43.6 Å². The van der Waals surface area contributed by atoms with Crippen LogP contribution in [0, 0.1) is 12.3 Å². The predicted octanol–water partition coefficient (Wildman–Crippen LogP) is 2.75. The number of alkyl halides is 2. The zero-order chi connectivity index (χ0) is 20.4. The molecule has 0 bridgehead atoms. The standard InChI is InChI=1S/C19H20F2N6O2/c1-11-7-23-27-14(26-9-18(4-5-18)19(20,21)10-26)6-13(24-15(11)27)12-8-22-17(29-3)25-16(12)28-2/h6-8H,4-5,9-10H2,1-3H3. The summed E-state index contributed by atoms with van der Waals surface area (Å²) in [6.07, 6.45) is 4.34. The zero-order valence-corrected chi connectivity index (χ0v) is 16.3. The fraction of sp³-hybridized carbons (Fsp3) is 0.474. The monoisotopic (exact) mass is 402 g/mol. The van der Waals surface area contributed by atoms with Gasteiger partial charge in [-0.1, -0.05) is 0 Å². The van der Waals surface area contributed by atoms with Gasteiger partial charge in [0.2, 0.25) is 5.88 Å². The Morgan fingerprint density at radius 1 is 1.07 bits per heavy atom. The minimum atomic E-state index is -2.72. The van der Waals surface area contributed by atoms with E-state index in [1.54, 1.807) is 27.9 Å². The van der Waals surface area contributed by atoms with Crippen LogP contribution >= 0.6 is 0 Å². The first-order valence-electron chi connectivity index (χ1n) is 9.31. The molecule has 5 rings (SSSR count). The van der Waals surface area contributed by atoms with Crippen LogP contribution in [0.2, 0.25) is 0 Å². The van der Waals surface area contributed by atoms with Gasteiger partial charge in [0, 0.05) is 24.4 Å². The highest BCUT2D eigenvalue weighted by Crippen LogP contribution is 2.61. The van der Waals surface area contributed by atoms with Gasteiger partial charge >= 0.3 is 6.01 Å². The molecule has 0 N–H and O–H groups in total. The van der Waals surface area contributed by atoms with Gasteiger partial charge in [-0.3, -0.25) is 0 Å². The summed E-state index contributed by atoms with van der Waals surface area (Å²) in [6.45, 7) is 1.85. The Morgan fingerprint density at radius 2 is 1.86 bits per heavy atom. The summed E-state index contributed by atoms with van der Waals surface area (Å²) in [6, 6.07) is 1.91. The number of anilines is 1. The molecule has 152 valence electrons. The van der Waals surface area contributed by atoms with Crippen molar-refractivity contribution in [1.82, 2.24) is 24.6 Å². The summed E-state index contributed by atoms with van der Waals surface area (Å²) < 4.78 is 41.3. The molecule has 3 aromatic rings. The van der Waals surface area contributed by atoms with E-state index < -0.39 is 11.3 Å². The average Bonchev–Trinajstić information content (AvgIpc) is 3.35. The molecule has 1 spiro atoms. The minimum absolute atomic E-state index is 0.169. The van der Waals surface area contributed by atoms with Gasteiger partial charge in [-0.15, -0.1) is 0 Å². The van der Waals surface area contributed by atoms with Crippen LogP contribution in [0.4, 0.5) is 14.6 Å². The van der Waals surface area contributed by atoms with Gasteiger partial charge < -0.3 is 14.4 Å². The third kappa shape index (κ3) is 2.61. The SMILES string of the molecule is COc1ncc(-c2cc(N3CC(F)(F)C4(CC4)C3)n3ncc(C)c3n2)c(OC)n1. The van der Waals surface area contributed by atoms with E-state index in [9.17, 15) is 8.78 Å². The highest BCUT2D eigenvalue weighted by Gasteiger charge is 2.67. The molecule has 2 aliphatic rings. The van der Waals surface area contributed by atoms with Crippen LogP contribution in [0.15, 0.2) is 18.5 Å². The van der Waals surface area contributed by atoms with Crippen molar-refractivity contribution in [2.45, 2.75) is 25.7 Å². The summed E-state index contributed by atoms with van der Waals surface area (Å²) in [5.74, 6) is -1.85. The Kier molecular flexibility index (Phi) is 3.71. The quantitative estimate of drug-likeness (QED) is 0.664. The zero-order valence-electron chi connectivity index (χ0n) is 16.3. The van der Waals surface area contributed by atoms with Crippen LogP contribution in [0.1, 0.15) is 18.4 Å². The van der Waals surface area contributed by atoms with Crippen LogP contribution in [0.25, 0.3) is 16.9 Å². The lowest BCUT2D eigenvalue weighted by molar-refractivity contribution is -0.0334. The number of hydrogen-bond donors (Lipinski definition) is 0. The minimum Gasteiger partial charge on any atom is -0.480 e. The van der Waals surface area contributed by atoms with Gasteiger partial charge in [-0.2, -0.15) is 14.6 Å². The van der Waals surface area contributed by atoms with Crippen molar-refractivity contribution >= 4 is 11.5 Å². The lowest BCUT2D eigenvalue weighted by Gasteiger charge is -2.20. The number of nitrogens with zero attached hydrogens (tertiary/aromatic N) is 6. The number of fused-ring (bicyclic) bond motifs is 1. The molecule has 1 saturated heterocycles. The molecule has 8 nitrogen and oxygen atoms in total. The van der Waals surface area contributed by atoms with Crippen LogP contribution in [-0.2, 0) is 0 Å². The van der Waals surface area contributed by atoms with E-state index in [2.05, 4.69) is 20.1 Å². The fourth-order valence-electron chi connectivity index (χ4n) is 3.98. The highest BCUT2D eigenvalue weighted by molar-refractivity contribution is 5.71. The molecule has 2 fully saturated rings. The van der Waals surface area contributed by atoms with Crippen molar-refractivity contribution in [2.24, 2.45) is 5.41 Å². The Labute approximate surface area is 165 Å². The van der Waals surface area contributed by atoms with E-state index in [4.69, 9.17) is 9.47 Å². The van der Waals surface area contributed by atoms with E-state index in [1.807, 2.05) is 6.92 Å². The van der Waals surface area contributed by atoms with Crippen molar-refractivity contribution in [3.05, 3.63) is 24.0 Å². The molecule has 1 saturated carbocycles. The van der Waals surface area contributed by atoms with Crippen molar-refractivity contribution in [1.29, 1.82) is 0 Å². The van der Waals surface area contributed by atoms with Crippen molar-refractivity contribution in [3.8, 4) is 23.1 Å². The molecule has 3 aromatic heterocycles. The van der Waals surface area contributed by atoms with E-state index in [0.29, 0.717) is 48.0 Å². The second-order valence-corrected chi connectivity index (χ2v) is 7.68. The topological polar surface area (TPSA) is 77.7 Å². The third-order valence-corrected chi connectivity index (χ3v) is 5.85. The van der Waals surface area contributed by atoms with Gasteiger partial charge in [0.25, 0.3) is 5.92 Å². The maximum atomic E-state index is 14.6. The molecular formula is C19H20F2N6O2. The molecule has 1 aliphatic heterocycles. The number of rotatable bonds is 4. The summed E-state index contributed by atoms with van der Waals surface area (Å²) >= 11 is 0. The lowest BCUT2D eigenvalue weighted by Crippen LogP contribution is -2.29. The molecule has 10 heteroatoms. The first-order valence-corrected chi connectivity index (χ1v) is 9.31. The maximum absolute atomic E-state index is 14.6. The molecule has 0 unspecified atom stereocenters. The fourth-order valence-corrected chi connectivity index (χ4v) is 3.98. The Hall–Kier alpha value is -3.04. The molecule has 0 radical (unpaired) electrons. The second-order valence-electron chi connectivity index (χ2n) is 7.68. The smallest absolute Gasteiger partial charge is 0.319 e. The predicted molar refractivity (Wildman–Crippen MR) is 101 cm³/mol. The highest BCUT2D eigenvalue weighted by atomic mass is 19.3. The Morgan fingerprint density at radius 3 is 2.52 bits per heavy atom. The third-order valence-electron chi connectivity index (χ3n) is 5.85. The summed E-state index contributed by atoms with van der Waals surface area (Å²) in [5.41, 5.74) is 1.59. The van der Waals surface area contributed by atoms with Gasteiger partial charge in [-0.05, 0) is 19.8 Å². The number of methoxy groups -OCH3 is 2. The average molecular weight is 402 g/mol. The molecule has 0 atom stereocenters. The molecular weight excluding hydrogens is 382 g/mol. The van der Waals surface area contributed by atoms with Gasteiger partial charge in [0.15, 0.2) is 5.65 Å². The van der Waals surface area contributed by atoms with Crippen molar-refractivity contribution in [2.75, 3.05) is 32.2 Å². The number of ether oxygens (including phenoxy) is 2. The number of halogens is 2. The molecule has 4 heterocycles. The molecule has 0 aromatic carbocycles. The van der Waals surface area contributed by atoms with Gasteiger partial charge in [-0.25, -0.2) is 18.7 Å². The first-order chi connectivity index (χ1) is 13.9. The first kappa shape index (κ1) is 18.0. The van der Waals surface area contributed by atoms with E-state index in [1.165, 1.54) is 14.2 Å². The van der Waals surface area contributed by atoms with Crippen molar-refractivity contribution < 1.29 is 18.3 Å². The Bertz CT molecular complexity index is 1110. The second kappa shape index (κ2) is 5.98. The van der Waals surface area contributed by atoms with Crippen LogP contribution in [0.3, 0.4) is 0 Å². The normalized spacial score (nSPS) is 19.1. The molecule has 29 heavy (non-hydrogen) atoms. The summed E-state index contributed by atoms with van der Waals surface area (Å²) in [7, 11) is 2.96. The number of aryl methyl sites for hydroxylation is 1. The lowest BCUT2D eigenvalue weighted by atomic mass is 10.0. The van der Waals surface area contributed by atoms with E-state index >= 15 is 0 Å². The molecule has 1 aliphatic carbocycles. The maximum Gasteiger partial charge on any atom is 0.319 e. The van der Waals surface area contributed by atoms with Crippen LogP contribution < -0.4 is 14.4 Å². The van der Waals surface area contributed by atoms with Crippen molar-refractivity contribution in [3.63, 3.8) is 0 Å². The summed E-state index contributed by atoms with van der Waals surface area (Å²) in [4.78, 5) is 14.7. The van der Waals surface area contributed by atoms with Crippen LogP contribution in [-0.4, -0.2) is 57.8 Å². The van der Waals surface area contributed by atoms with E-state index in [0.717, 1.165) is 5.56 Å². The van der Waals surface area contributed by atoms with Gasteiger partial charge in [0.1, 0.15) is 5.82 Å². The number of aromatic nitrogens is 5. The van der Waals surface area contributed by atoms with Crippen LogP contribution in [0.5, 0.6) is 11.9 Å².